The molecule has 0 unspecified atom stereocenters. The summed E-state index contributed by atoms with van der Waals surface area (Å²) in [5, 5.41) is 6.20. The smallest absolute Gasteiger partial charge is 0.156 e. The number of hydrogen-bond acceptors (Lipinski definition) is 5. The lowest BCUT2D eigenvalue weighted by Crippen LogP contribution is -2.10. The number of nitrogens with one attached hydrogen (secondary N) is 1. The molecule has 2 aromatic heterocycles. The summed E-state index contributed by atoms with van der Waals surface area (Å²) < 4.78 is 5.63. The minimum absolute atomic E-state index is 0.747. The van der Waals surface area contributed by atoms with Crippen LogP contribution in [0.15, 0.2) is 41.8 Å². The predicted octanol–water partition coefficient (Wildman–Crippen LogP) is 6.30. The molecule has 3 aromatic rings. The summed E-state index contributed by atoms with van der Waals surface area (Å²) in [6.45, 7) is 3.98. The molecule has 3 heterocycles. The van der Waals surface area contributed by atoms with E-state index in [0.29, 0.717) is 0 Å². The predicted molar refractivity (Wildman–Crippen MR) is 128 cm³/mol. The average Bonchev–Trinajstić information content (AvgIpc) is 3.19. The van der Waals surface area contributed by atoms with Crippen molar-refractivity contribution in [3.63, 3.8) is 0 Å². The molecule has 1 aromatic carbocycles. The van der Waals surface area contributed by atoms with E-state index in [1.165, 1.54) is 38.5 Å². The third kappa shape index (κ3) is 4.79. The first kappa shape index (κ1) is 21.1. The molecule has 1 fully saturated rings. The van der Waals surface area contributed by atoms with Crippen LogP contribution in [0.4, 0.5) is 5.69 Å². The number of rotatable bonds is 3. The van der Waals surface area contributed by atoms with Crippen molar-refractivity contribution in [3.05, 3.63) is 47.9 Å². The van der Waals surface area contributed by atoms with Gasteiger partial charge in [0.25, 0.3) is 0 Å². The molecule has 2 aliphatic rings. The number of aryl methyl sites for hydroxylation is 2. The Morgan fingerprint density at radius 3 is 2.39 bits per heavy atom. The van der Waals surface area contributed by atoms with Crippen LogP contribution >= 0.6 is 0 Å². The van der Waals surface area contributed by atoms with Crippen molar-refractivity contribution in [2.24, 2.45) is 5.10 Å². The van der Waals surface area contributed by atoms with E-state index in [2.05, 4.69) is 21.1 Å². The molecule has 0 amide bonds. The van der Waals surface area contributed by atoms with Gasteiger partial charge in [-0.1, -0.05) is 44.6 Å². The molecule has 0 spiro atoms. The van der Waals surface area contributed by atoms with Gasteiger partial charge in [0, 0.05) is 36.7 Å². The maximum absolute atomic E-state index is 5.63. The Balaban J connectivity index is 0.000000334. The number of methoxy groups -OCH3 is 1. The Morgan fingerprint density at radius 1 is 1.00 bits per heavy atom. The molecule has 31 heavy (non-hydrogen) atoms. The van der Waals surface area contributed by atoms with E-state index in [1.807, 2.05) is 55.7 Å². The summed E-state index contributed by atoms with van der Waals surface area (Å²) in [6.07, 6.45) is 17.7. The molecule has 0 bridgehead atoms. The Morgan fingerprint density at radius 2 is 1.74 bits per heavy atom. The number of hydrogen-bond donors (Lipinski definition) is 1. The topological polar surface area (TPSA) is 66.4 Å². The zero-order valence-electron chi connectivity index (χ0n) is 18.7. The molecular weight excluding hydrogens is 386 g/mol. The molecular formula is C25H31N5O. The first-order chi connectivity index (χ1) is 15.2. The van der Waals surface area contributed by atoms with E-state index >= 15 is 0 Å². The largest absolute Gasteiger partial charge is 0.496 e. The highest BCUT2D eigenvalue weighted by atomic mass is 16.5. The number of allylic oxidation sites excluding steroid dienone is 1. The molecule has 0 atom stereocenters. The van der Waals surface area contributed by atoms with Crippen LogP contribution in [0, 0.1) is 13.8 Å². The van der Waals surface area contributed by atoms with Crippen LogP contribution in [0.25, 0.3) is 22.4 Å². The Hall–Kier alpha value is -3.15. The van der Waals surface area contributed by atoms with Crippen LogP contribution < -0.4 is 9.75 Å². The highest BCUT2D eigenvalue weighted by Gasteiger charge is 2.16. The number of ether oxygens (including phenoxy) is 1. The number of nitrogens with zero attached hydrogens (tertiary/aromatic N) is 4. The van der Waals surface area contributed by atoms with Crippen molar-refractivity contribution in [2.75, 3.05) is 12.1 Å². The molecule has 0 radical (unpaired) electrons. The first-order valence-electron chi connectivity index (χ1n) is 11.2. The molecule has 1 aliphatic carbocycles. The molecule has 1 N–H and O–H groups in total. The fourth-order valence-electron chi connectivity index (χ4n) is 4.02. The van der Waals surface area contributed by atoms with Crippen molar-refractivity contribution in [2.45, 2.75) is 58.8 Å². The number of aromatic nitrogens is 3. The lowest BCUT2D eigenvalue weighted by Gasteiger charge is -2.19. The van der Waals surface area contributed by atoms with E-state index < -0.39 is 0 Å². The van der Waals surface area contributed by atoms with Crippen molar-refractivity contribution < 1.29 is 4.74 Å². The number of anilines is 1. The standard InChI is InChI=1S/C19H19N5O.C6H12/c1-12-11-20-19-17(12)23-18(13(2)22-19)15-7-6-14(10-16(15)25-3)24-9-5-4-8-21-24;1-2-4-6-5-3-1/h5-11H,4H2,1-3H3,(H,20,22);1-6H2. The maximum Gasteiger partial charge on any atom is 0.156 e. The van der Waals surface area contributed by atoms with Gasteiger partial charge in [-0.05, 0) is 31.5 Å². The Bertz CT molecular complexity index is 1070. The number of H-pyrrole nitrogens is 1. The van der Waals surface area contributed by atoms with Gasteiger partial charge >= 0.3 is 0 Å². The van der Waals surface area contributed by atoms with Crippen LogP contribution in [-0.2, 0) is 0 Å². The maximum atomic E-state index is 5.63. The molecule has 162 valence electrons. The number of benzene rings is 1. The number of fused-ring (bicyclic) bond motifs is 1. The lowest BCUT2D eigenvalue weighted by atomic mass is 10.0. The average molecular weight is 418 g/mol. The van der Waals surface area contributed by atoms with Crippen LogP contribution in [0.2, 0.25) is 0 Å². The second-order valence-electron chi connectivity index (χ2n) is 8.10. The van der Waals surface area contributed by atoms with Gasteiger partial charge in [0.05, 0.1) is 24.2 Å². The molecule has 0 saturated heterocycles. The SMILES string of the molecule is C1CCCCC1.COc1cc(N2C=CCC=N2)ccc1-c1nc2c(C)c[nH]c2nc1C. The van der Waals surface area contributed by atoms with Crippen LogP contribution in [0.1, 0.15) is 56.2 Å². The third-order valence-electron chi connectivity index (χ3n) is 5.77. The quantitative estimate of drug-likeness (QED) is 0.543. The first-order valence-corrected chi connectivity index (χ1v) is 11.2. The van der Waals surface area contributed by atoms with E-state index in [1.54, 1.807) is 7.11 Å². The summed E-state index contributed by atoms with van der Waals surface area (Å²) in [5.41, 5.74) is 6.32. The monoisotopic (exact) mass is 417 g/mol. The summed E-state index contributed by atoms with van der Waals surface area (Å²) in [7, 11) is 1.67. The van der Waals surface area contributed by atoms with E-state index in [4.69, 9.17) is 9.72 Å². The van der Waals surface area contributed by atoms with Gasteiger partial charge < -0.3 is 9.72 Å². The van der Waals surface area contributed by atoms with E-state index in [-0.39, 0.29) is 0 Å². The fourth-order valence-corrected chi connectivity index (χ4v) is 4.02. The van der Waals surface area contributed by atoms with Gasteiger partial charge in [-0.3, -0.25) is 0 Å². The fraction of sp³-hybridized carbons (Fsp3) is 0.400. The lowest BCUT2D eigenvalue weighted by molar-refractivity contribution is 0.416. The summed E-state index contributed by atoms with van der Waals surface area (Å²) in [5.74, 6) is 0.747. The molecule has 1 aliphatic heterocycles. The molecule has 6 heteroatoms. The van der Waals surface area contributed by atoms with Gasteiger partial charge in [0.1, 0.15) is 11.3 Å². The number of aromatic amines is 1. The van der Waals surface area contributed by atoms with Gasteiger partial charge in [0.15, 0.2) is 5.65 Å². The van der Waals surface area contributed by atoms with Gasteiger partial charge in [0.2, 0.25) is 0 Å². The zero-order chi connectivity index (χ0) is 21.6. The zero-order valence-corrected chi connectivity index (χ0v) is 18.7. The van der Waals surface area contributed by atoms with Gasteiger partial charge in [-0.15, -0.1) is 0 Å². The second-order valence-corrected chi connectivity index (χ2v) is 8.10. The summed E-state index contributed by atoms with van der Waals surface area (Å²) in [6, 6.07) is 5.99. The molecule has 5 rings (SSSR count). The van der Waals surface area contributed by atoms with Crippen molar-refractivity contribution in [1.29, 1.82) is 0 Å². The molecule has 1 saturated carbocycles. The summed E-state index contributed by atoms with van der Waals surface area (Å²) >= 11 is 0. The van der Waals surface area contributed by atoms with Crippen LogP contribution in [0.3, 0.4) is 0 Å². The summed E-state index contributed by atoms with van der Waals surface area (Å²) in [4.78, 5) is 12.6. The molecule has 6 nitrogen and oxygen atoms in total. The normalized spacial score (nSPS) is 15.6. The van der Waals surface area contributed by atoms with Crippen molar-refractivity contribution >= 4 is 23.1 Å². The van der Waals surface area contributed by atoms with Crippen LogP contribution in [-0.4, -0.2) is 28.3 Å². The van der Waals surface area contributed by atoms with Crippen molar-refractivity contribution in [1.82, 2.24) is 15.0 Å². The van der Waals surface area contributed by atoms with Gasteiger partial charge in [-0.2, -0.15) is 5.10 Å². The highest BCUT2D eigenvalue weighted by Crippen LogP contribution is 2.35. The minimum Gasteiger partial charge on any atom is -0.496 e. The van der Waals surface area contributed by atoms with Crippen LogP contribution in [0.5, 0.6) is 5.75 Å². The highest BCUT2D eigenvalue weighted by molar-refractivity contribution is 5.81. The third-order valence-corrected chi connectivity index (χ3v) is 5.77. The minimum atomic E-state index is 0.747. The van der Waals surface area contributed by atoms with Gasteiger partial charge in [-0.25, -0.2) is 15.0 Å². The number of hydrazone groups is 1. The van der Waals surface area contributed by atoms with Crippen molar-refractivity contribution in [3.8, 4) is 17.0 Å². The van der Waals surface area contributed by atoms with E-state index in [0.717, 1.165) is 51.5 Å². The Kier molecular flexibility index (Phi) is 6.65. The second kappa shape index (κ2) is 9.77. The van der Waals surface area contributed by atoms with E-state index in [9.17, 15) is 0 Å². The Labute approximate surface area is 184 Å².